The maximum absolute atomic E-state index is 12.1. The fourth-order valence-corrected chi connectivity index (χ4v) is 2.94. The summed E-state index contributed by atoms with van der Waals surface area (Å²) >= 11 is 0. The summed E-state index contributed by atoms with van der Waals surface area (Å²) in [6.45, 7) is 0.528. The Morgan fingerprint density at radius 2 is 1.94 bits per heavy atom. The van der Waals surface area contributed by atoms with Gasteiger partial charge in [0.25, 0.3) is 0 Å². The molecule has 1 heterocycles. The molecule has 2 amide bonds. The van der Waals surface area contributed by atoms with E-state index in [1.807, 2.05) is 0 Å². The van der Waals surface area contributed by atoms with Gasteiger partial charge in [-0.15, -0.1) is 0 Å². The highest BCUT2D eigenvalue weighted by Crippen LogP contribution is 2.30. The summed E-state index contributed by atoms with van der Waals surface area (Å²) in [5.41, 5.74) is -1.10. The number of hydrogen-bond acceptors (Lipinski definition) is 3. The molecule has 6 nitrogen and oxygen atoms in total. The fourth-order valence-electron chi connectivity index (χ4n) is 2.94. The highest BCUT2D eigenvalue weighted by atomic mass is 16.4. The first-order valence-electron chi connectivity index (χ1n) is 6.52. The summed E-state index contributed by atoms with van der Waals surface area (Å²) in [6.07, 6.45) is 4.28. The molecular weight excluding hydrogens is 236 g/mol. The second-order valence-corrected chi connectivity index (χ2v) is 5.20. The zero-order valence-electron chi connectivity index (χ0n) is 10.4. The smallest absolute Gasteiger partial charge is 0.329 e. The molecule has 1 aliphatic heterocycles. The van der Waals surface area contributed by atoms with Crippen molar-refractivity contribution in [3.63, 3.8) is 0 Å². The van der Waals surface area contributed by atoms with Crippen LogP contribution in [0.3, 0.4) is 0 Å². The number of amides is 2. The first-order valence-corrected chi connectivity index (χ1v) is 6.52. The summed E-state index contributed by atoms with van der Waals surface area (Å²) < 4.78 is 0. The third kappa shape index (κ3) is 2.29. The fraction of sp³-hybridized carbons (Fsp3) is 0.833. The standard InChI is InChI=1S/C12H20N2O4/c15-8-9-4-3-7-14(9)11(18)13-12(10(16)17)5-1-2-6-12/h9,15H,1-8H2,(H,13,18)(H,16,17). The van der Waals surface area contributed by atoms with E-state index in [1.54, 1.807) is 4.90 Å². The first-order chi connectivity index (χ1) is 8.59. The summed E-state index contributed by atoms with van der Waals surface area (Å²) in [5, 5.41) is 21.2. The normalized spacial score (nSPS) is 26.3. The van der Waals surface area contributed by atoms with Crippen molar-refractivity contribution in [2.45, 2.75) is 50.1 Å². The van der Waals surface area contributed by atoms with Crippen LogP contribution in [0.25, 0.3) is 0 Å². The van der Waals surface area contributed by atoms with Crippen LogP contribution in [0.5, 0.6) is 0 Å². The zero-order chi connectivity index (χ0) is 13.2. The Kier molecular flexibility index (Phi) is 3.75. The Morgan fingerprint density at radius 1 is 1.28 bits per heavy atom. The van der Waals surface area contributed by atoms with Crippen LogP contribution in [-0.4, -0.2) is 51.8 Å². The number of nitrogens with one attached hydrogen (secondary N) is 1. The van der Waals surface area contributed by atoms with Gasteiger partial charge in [0.15, 0.2) is 0 Å². The van der Waals surface area contributed by atoms with Crippen molar-refractivity contribution in [1.29, 1.82) is 0 Å². The molecule has 1 atom stereocenters. The molecule has 1 saturated carbocycles. The van der Waals surface area contributed by atoms with Crippen molar-refractivity contribution in [2.24, 2.45) is 0 Å². The van der Waals surface area contributed by atoms with Crippen LogP contribution in [0, 0.1) is 0 Å². The van der Waals surface area contributed by atoms with Crippen LogP contribution in [0.4, 0.5) is 4.79 Å². The Balaban J connectivity index is 2.03. The molecule has 0 aromatic rings. The van der Waals surface area contributed by atoms with Gasteiger partial charge in [-0.3, -0.25) is 0 Å². The van der Waals surface area contributed by atoms with Crippen molar-refractivity contribution >= 4 is 12.0 Å². The van der Waals surface area contributed by atoms with Gasteiger partial charge in [0, 0.05) is 6.54 Å². The second-order valence-electron chi connectivity index (χ2n) is 5.20. The van der Waals surface area contributed by atoms with Gasteiger partial charge >= 0.3 is 12.0 Å². The third-order valence-corrected chi connectivity index (χ3v) is 4.06. The molecule has 102 valence electrons. The predicted molar refractivity (Wildman–Crippen MR) is 64.2 cm³/mol. The van der Waals surface area contributed by atoms with E-state index >= 15 is 0 Å². The summed E-state index contributed by atoms with van der Waals surface area (Å²) in [5.74, 6) is -0.951. The van der Waals surface area contributed by atoms with E-state index in [9.17, 15) is 19.8 Å². The highest BCUT2D eigenvalue weighted by Gasteiger charge is 2.44. The molecule has 2 aliphatic rings. The van der Waals surface area contributed by atoms with Gasteiger partial charge in [0.2, 0.25) is 0 Å². The number of aliphatic hydroxyl groups excluding tert-OH is 1. The van der Waals surface area contributed by atoms with E-state index in [1.165, 1.54) is 0 Å². The maximum Gasteiger partial charge on any atom is 0.329 e. The number of carbonyl (C=O) groups is 2. The topological polar surface area (TPSA) is 89.9 Å². The monoisotopic (exact) mass is 256 g/mol. The average molecular weight is 256 g/mol. The Labute approximate surface area is 106 Å². The summed E-state index contributed by atoms with van der Waals surface area (Å²) in [6, 6.07) is -0.520. The van der Waals surface area contributed by atoms with Gasteiger partial charge in [-0.2, -0.15) is 0 Å². The second kappa shape index (κ2) is 5.14. The predicted octanol–water partition coefficient (Wildman–Crippen LogP) is 0.550. The molecule has 0 aromatic carbocycles. The number of hydrogen-bond donors (Lipinski definition) is 3. The minimum Gasteiger partial charge on any atom is -0.480 e. The van der Waals surface area contributed by atoms with E-state index in [4.69, 9.17) is 0 Å². The Bertz CT molecular complexity index is 339. The zero-order valence-corrected chi connectivity index (χ0v) is 10.4. The molecule has 3 N–H and O–H groups in total. The molecule has 1 aliphatic carbocycles. The molecule has 2 fully saturated rings. The Hall–Kier alpha value is -1.30. The number of likely N-dealkylation sites (tertiary alicyclic amines) is 1. The number of rotatable bonds is 3. The van der Waals surface area contributed by atoms with Crippen molar-refractivity contribution in [2.75, 3.05) is 13.2 Å². The quantitative estimate of drug-likeness (QED) is 0.688. The van der Waals surface area contributed by atoms with Crippen LogP contribution in [0.2, 0.25) is 0 Å². The van der Waals surface area contributed by atoms with Crippen LogP contribution < -0.4 is 5.32 Å². The molecule has 0 radical (unpaired) electrons. The third-order valence-electron chi connectivity index (χ3n) is 4.06. The van der Waals surface area contributed by atoms with Gasteiger partial charge < -0.3 is 20.4 Å². The highest BCUT2D eigenvalue weighted by molar-refractivity contribution is 5.86. The number of carboxylic acid groups (broad SMARTS) is 1. The number of urea groups is 1. The van der Waals surface area contributed by atoms with Gasteiger partial charge in [-0.1, -0.05) is 12.8 Å². The van der Waals surface area contributed by atoms with Gasteiger partial charge in [0.05, 0.1) is 12.6 Å². The number of aliphatic hydroxyl groups is 1. The minimum atomic E-state index is -1.10. The average Bonchev–Trinajstić information content (AvgIpc) is 2.97. The van der Waals surface area contributed by atoms with Crippen molar-refractivity contribution in [3.05, 3.63) is 0 Å². The van der Waals surface area contributed by atoms with Crippen LogP contribution in [0.1, 0.15) is 38.5 Å². The maximum atomic E-state index is 12.1. The molecule has 1 saturated heterocycles. The van der Waals surface area contributed by atoms with Gasteiger partial charge in [-0.25, -0.2) is 9.59 Å². The van der Waals surface area contributed by atoms with Crippen LogP contribution in [-0.2, 0) is 4.79 Å². The van der Waals surface area contributed by atoms with E-state index in [2.05, 4.69) is 5.32 Å². The molecule has 1 unspecified atom stereocenters. The molecule has 0 bridgehead atoms. The van der Waals surface area contributed by atoms with Crippen molar-refractivity contribution in [1.82, 2.24) is 10.2 Å². The van der Waals surface area contributed by atoms with Crippen LogP contribution in [0.15, 0.2) is 0 Å². The molecule has 0 aromatic heterocycles. The lowest BCUT2D eigenvalue weighted by molar-refractivity contribution is -0.144. The van der Waals surface area contributed by atoms with Crippen molar-refractivity contribution in [3.8, 4) is 0 Å². The largest absolute Gasteiger partial charge is 0.480 e. The molecule has 6 heteroatoms. The van der Waals surface area contributed by atoms with Crippen LogP contribution >= 0.6 is 0 Å². The summed E-state index contributed by atoms with van der Waals surface area (Å²) in [4.78, 5) is 25.0. The lowest BCUT2D eigenvalue weighted by Gasteiger charge is -2.30. The SMILES string of the molecule is O=C(NC1(C(=O)O)CCCC1)N1CCCC1CO. The van der Waals surface area contributed by atoms with E-state index in [-0.39, 0.29) is 18.7 Å². The van der Waals surface area contributed by atoms with Gasteiger partial charge in [-0.05, 0) is 25.7 Å². The number of nitrogens with zero attached hydrogens (tertiary/aromatic N) is 1. The molecule has 0 spiro atoms. The summed E-state index contributed by atoms with van der Waals surface area (Å²) in [7, 11) is 0. The van der Waals surface area contributed by atoms with E-state index in [0.717, 1.165) is 25.7 Å². The van der Waals surface area contributed by atoms with E-state index in [0.29, 0.717) is 19.4 Å². The number of carboxylic acids is 1. The molecular formula is C12H20N2O4. The minimum absolute atomic E-state index is 0.0620. The number of aliphatic carboxylic acids is 1. The Morgan fingerprint density at radius 3 is 2.50 bits per heavy atom. The first kappa shape index (κ1) is 13.1. The lowest BCUT2D eigenvalue weighted by Crippen LogP contribution is -2.57. The van der Waals surface area contributed by atoms with Crippen molar-refractivity contribution < 1.29 is 19.8 Å². The lowest BCUT2D eigenvalue weighted by atomic mass is 9.98. The van der Waals surface area contributed by atoms with Gasteiger partial charge in [0.1, 0.15) is 5.54 Å². The molecule has 2 rings (SSSR count). The van der Waals surface area contributed by atoms with E-state index < -0.39 is 11.5 Å². The number of carbonyl (C=O) groups excluding carboxylic acids is 1. The molecule has 18 heavy (non-hydrogen) atoms.